The number of hydrogen-bond acceptors (Lipinski definition) is 2. The van der Waals surface area contributed by atoms with Gasteiger partial charge in [0, 0.05) is 23.9 Å². The Balaban J connectivity index is 2.25. The number of nitrogens with zero attached hydrogens (tertiary/aromatic N) is 1. The van der Waals surface area contributed by atoms with Crippen LogP contribution in [0.5, 0.6) is 0 Å². The van der Waals surface area contributed by atoms with E-state index in [2.05, 4.69) is 24.2 Å². The lowest BCUT2D eigenvalue weighted by molar-refractivity contribution is 0.389. The summed E-state index contributed by atoms with van der Waals surface area (Å²) in [6.07, 6.45) is 0.723. The average Bonchev–Trinajstić information content (AvgIpc) is 2.68. The molecular weight excluding hydrogens is 210 g/mol. The summed E-state index contributed by atoms with van der Waals surface area (Å²) in [4.78, 5) is 0. The van der Waals surface area contributed by atoms with Crippen molar-refractivity contribution < 1.29 is 4.52 Å². The van der Waals surface area contributed by atoms with E-state index in [-0.39, 0.29) is 0 Å². The predicted octanol–water partition coefficient (Wildman–Crippen LogP) is 3.43. The van der Waals surface area contributed by atoms with Crippen molar-refractivity contribution >= 4 is 11.6 Å². The van der Waals surface area contributed by atoms with Crippen molar-refractivity contribution in [3.63, 3.8) is 0 Å². The number of alkyl halides is 1. The van der Waals surface area contributed by atoms with Crippen molar-refractivity contribution in [1.29, 1.82) is 0 Å². The van der Waals surface area contributed by atoms with Crippen LogP contribution in [0.15, 0.2) is 34.9 Å². The van der Waals surface area contributed by atoms with Gasteiger partial charge >= 0.3 is 0 Å². The van der Waals surface area contributed by atoms with Gasteiger partial charge in [-0.2, -0.15) is 0 Å². The zero-order valence-electron chi connectivity index (χ0n) is 8.53. The molecule has 0 atom stereocenters. The fourth-order valence-electron chi connectivity index (χ4n) is 1.38. The molecule has 1 heterocycles. The summed E-state index contributed by atoms with van der Waals surface area (Å²) in [5.41, 5.74) is 3.18. The van der Waals surface area contributed by atoms with E-state index in [0.717, 1.165) is 23.4 Å². The van der Waals surface area contributed by atoms with E-state index in [1.807, 2.05) is 18.2 Å². The van der Waals surface area contributed by atoms with Gasteiger partial charge in [0.05, 0.1) is 0 Å². The van der Waals surface area contributed by atoms with E-state index >= 15 is 0 Å². The first-order valence-electron chi connectivity index (χ1n) is 4.88. The third kappa shape index (κ3) is 2.39. The van der Waals surface area contributed by atoms with E-state index in [4.69, 9.17) is 16.1 Å². The summed E-state index contributed by atoms with van der Waals surface area (Å²) in [7, 11) is 0. The minimum Gasteiger partial charge on any atom is -0.361 e. The Kier molecular flexibility index (Phi) is 3.07. The molecule has 78 valence electrons. The first-order valence-corrected chi connectivity index (χ1v) is 5.41. The monoisotopic (exact) mass is 221 g/mol. The molecular formula is C12H12ClNO. The van der Waals surface area contributed by atoms with Gasteiger partial charge < -0.3 is 4.52 Å². The molecule has 0 saturated carbocycles. The van der Waals surface area contributed by atoms with Gasteiger partial charge in [-0.15, -0.1) is 11.6 Å². The van der Waals surface area contributed by atoms with E-state index < -0.39 is 0 Å². The second kappa shape index (κ2) is 4.49. The molecule has 0 bridgehead atoms. The third-order valence-electron chi connectivity index (χ3n) is 2.25. The van der Waals surface area contributed by atoms with Gasteiger partial charge in [0.15, 0.2) is 0 Å². The van der Waals surface area contributed by atoms with Gasteiger partial charge in [0.1, 0.15) is 11.5 Å². The summed E-state index contributed by atoms with van der Waals surface area (Å²) < 4.78 is 5.16. The van der Waals surface area contributed by atoms with Gasteiger partial charge in [0.25, 0.3) is 0 Å². The number of hydrogen-bond donors (Lipinski definition) is 0. The summed E-state index contributed by atoms with van der Waals surface area (Å²) >= 11 is 5.62. The van der Waals surface area contributed by atoms with Gasteiger partial charge in [-0.1, -0.05) is 35.0 Å². The molecule has 0 N–H and O–H groups in total. The highest BCUT2D eigenvalue weighted by molar-refractivity contribution is 6.17. The summed E-state index contributed by atoms with van der Waals surface area (Å²) in [5.74, 6) is 1.39. The number of halogens is 1. The number of aromatic nitrogens is 1. The van der Waals surface area contributed by atoms with Crippen molar-refractivity contribution in [3.8, 4) is 11.3 Å². The maximum absolute atomic E-state index is 5.62. The van der Waals surface area contributed by atoms with Crippen molar-refractivity contribution in [3.05, 3.63) is 41.7 Å². The van der Waals surface area contributed by atoms with Crippen LogP contribution in [0.3, 0.4) is 0 Å². The quantitative estimate of drug-likeness (QED) is 0.743. The largest absolute Gasteiger partial charge is 0.361 e. The standard InChI is InChI=1S/C12H12ClNO/c1-9-2-4-10(5-3-9)12-8-11(6-7-13)15-14-12/h2-5,8H,6-7H2,1H3. The molecule has 0 spiro atoms. The zero-order chi connectivity index (χ0) is 10.7. The highest BCUT2D eigenvalue weighted by Gasteiger charge is 2.05. The highest BCUT2D eigenvalue weighted by atomic mass is 35.5. The maximum atomic E-state index is 5.62. The molecule has 3 heteroatoms. The second-order valence-corrected chi connectivity index (χ2v) is 3.86. The van der Waals surface area contributed by atoms with Crippen molar-refractivity contribution in [2.75, 3.05) is 5.88 Å². The molecule has 0 aliphatic heterocycles. The van der Waals surface area contributed by atoms with Crippen molar-refractivity contribution in [1.82, 2.24) is 5.16 Å². The zero-order valence-corrected chi connectivity index (χ0v) is 9.29. The van der Waals surface area contributed by atoms with Crippen LogP contribution < -0.4 is 0 Å². The lowest BCUT2D eigenvalue weighted by atomic mass is 10.1. The third-order valence-corrected chi connectivity index (χ3v) is 2.44. The van der Waals surface area contributed by atoms with E-state index in [0.29, 0.717) is 5.88 Å². The molecule has 1 aromatic carbocycles. The SMILES string of the molecule is Cc1ccc(-c2cc(CCCl)on2)cc1. The Labute approximate surface area is 93.9 Å². The molecule has 15 heavy (non-hydrogen) atoms. The van der Waals surface area contributed by atoms with E-state index in [1.165, 1.54) is 5.56 Å². The first kappa shape index (κ1) is 10.2. The molecule has 2 aromatic rings. The normalized spacial score (nSPS) is 10.5. The number of benzene rings is 1. The molecule has 0 radical (unpaired) electrons. The molecule has 1 aromatic heterocycles. The van der Waals surface area contributed by atoms with Gasteiger partial charge in [-0.3, -0.25) is 0 Å². The van der Waals surface area contributed by atoms with E-state index in [1.54, 1.807) is 0 Å². The predicted molar refractivity (Wildman–Crippen MR) is 61.1 cm³/mol. The smallest absolute Gasteiger partial charge is 0.138 e. The number of aryl methyl sites for hydroxylation is 2. The van der Waals surface area contributed by atoms with Crippen LogP contribution in [0.25, 0.3) is 11.3 Å². The average molecular weight is 222 g/mol. The fraction of sp³-hybridized carbons (Fsp3) is 0.250. The Bertz CT molecular complexity index is 433. The Morgan fingerprint density at radius 2 is 2.00 bits per heavy atom. The van der Waals surface area contributed by atoms with Crippen LogP contribution >= 0.6 is 11.6 Å². The molecule has 0 unspecified atom stereocenters. The molecule has 0 fully saturated rings. The molecule has 2 rings (SSSR count). The van der Waals surface area contributed by atoms with Gasteiger partial charge in [-0.25, -0.2) is 0 Å². The lowest BCUT2D eigenvalue weighted by Crippen LogP contribution is -1.80. The van der Waals surface area contributed by atoms with Crippen molar-refractivity contribution in [2.45, 2.75) is 13.3 Å². The Morgan fingerprint density at radius 1 is 1.27 bits per heavy atom. The minimum absolute atomic E-state index is 0.558. The highest BCUT2D eigenvalue weighted by Crippen LogP contribution is 2.19. The van der Waals surface area contributed by atoms with Crippen LogP contribution in [-0.2, 0) is 6.42 Å². The van der Waals surface area contributed by atoms with E-state index in [9.17, 15) is 0 Å². The lowest BCUT2D eigenvalue weighted by Gasteiger charge is -1.95. The van der Waals surface area contributed by atoms with Crippen LogP contribution in [0.4, 0.5) is 0 Å². The Morgan fingerprint density at radius 3 is 2.67 bits per heavy atom. The maximum Gasteiger partial charge on any atom is 0.138 e. The topological polar surface area (TPSA) is 26.0 Å². The molecule has 2 nitrogen and oxygen atoms in total. The van der Waals surface area contributed by atoms with Crippen LogP contribution in [0.1, 0.15) is 11.3 Å². The molecule has 0 aliphatic rings. The molecule has 0 amide bonds. The Hall–Kier alpha value is -1.28. The van der Waals surface area contributed by atoms with Crippen LogP contribution in [-0.4, -0.2) is 11.0 Å². The van der Waals surface area contributed by atoms with Gasteiger partial charge in [-0.05, 0) is 6.92 Å². The van der Waals surface area contributed by atoms with Gasteiger partial charge in [0.2, 0.25) is 0 Å². The number of rotatable bonds is 3. The summed E-state index contributed by atoms with van der Waals surface area (Å²) in [6, 6.07) is 10.1. The van der Waals surface area contributed by atoms with Crippen molar-refractivity contribution in [2.24, 2.45) is 0 Å². The summed E-state index contributed by atoms with van der Waals surface area (Å²) in [5, 5.41) is 4.00. The minimum atomic E-state index is 0.558. The first-order chi connectivity index (χ1) is 7.29. The second-order valence-electron chi connectivity index (χ2n) is 3.48. The van der Waals surface area contributed by atoms with Crippen LogP contribution in [0.2, 0.25) is 0 Å². The fourth-order valence-corrected chi connectivity index (χ4v) is 1.57. The summed E-state index contributed by atoms with van der Waals surface area (Å²) in [6.45, 7) is 2.06. The molecule has 0 aliphatic carbocycles. The van der Waals surface area contributed by atoms with Crippen LogP contribution in [0, 0.1) is 6.92 Å². The molecule has 0 saturated heterocycles.